The fourth-order valence-corrected chi connectivity index (χ4v) is 3.56. The number of unbranched alkanes of at least 4 members (excludes halogenated alkanes) is 13. The lowest BCUT2D eigenvalue weighted by molar-refractivity contribution is -0.385. The number of nitrogens with zero attached hydrogens (tertiary/aromatic N) is 1. The van der Waals surface area contributed by atoms with E-state index in [4.69, 9.17) is 9.47 Å². The third kappa shape index (κ3) is 10.6. The summed E-state index contributed by atoms with van der Waals surface area (Å²) in [5.74, 6) is -0.626. The van der Waals surface area contributed by atoms with Crippen LogP contribution in [0.1, 0.15) is 107 Å². The Morgan fingerprint density at radius 1 is 0.867 bits per heavy atom. The number of hydrogen-bond donors (Lipinski definition) is 0. The summed E-state index contributed by atoms with van der Waals surface area (Å²) < 4.78 is 10.3. The van der Waals surface area contributed by atoms with Crippen LogP contribution in [0, 0.1) is 10.1 Å². The van der Waals surface area contributed by atoms with Crippen molar-refractivity contribution in [3.63, 3.8) is 0 Å². The van der Waals surface area contributed by atoms with Crippen LogP contribution >= 0.6 is 0 Å². The Morgan fingerprint density at radius 2 is 1.37 bits per heavy atom. The summed E-state index contributed by atoms with van der Waals surface area (Å²) in [5.41, 5.74) is -0.111. The van der Waals surface area contributed by atoms with Crippen LogP contribution < -0.4 is 4.74 Å². The SMILES string of the molecule is CCCCCCCCCCCCCCCCOc1c(C(=O)OC)cccc1[N+](=O)[O-]. The van der Waals surface area contributed by atoms with Gasteiger partial charge in [0.05, 0.1) is 18.6 Å². The number of benzene rings is 1. The highest BCUT2D eigenvalue weighted by atomic mass is 16.6. The van der Waals surface area contributed by atoms with Crippen LogP contribution in [-0.2, 0) is 4.74 Å². The zero-order valence-electron chi connectivity index (χ0n) is 18.8. The van der Waals surface area contributed by atoms with E-state index in [-0.39, 0.29) is 17.0 Å². The van der Waals surface area contributed by atoms with Crippen molar-refractivity contribution in [1.82, 2.24) is 0 Å². The molecule has 1 aromatic carbocycles. The van der Waals surface area contributed by atoms with Crippen molar-refractivity contribution >= 4 is 11.7 Å². The molecule has 0 aromatic heterocycles. The summed E-state index contributed by atoms with van der Waals surface area (Å²) in [5, 5.41) is 11.2. The third-order valence-corrected chi connectivity index (χ3v) is 5.34. The smallest absolute Gasteiger partial charge is 0.341 e. The van der Waals surface area contributed by atoms with Gasteiger partial charge < -0.3 is 9.47 Å². The number of carbonyl (C=O) groups excluding carboxylic acids is 1. The maximum absolute atomic E-state index is 11.8. The second-order valence-corrected chi connectivity index (χ2v) is 7.85. The summed E-state index contributed by atoms with van der Waals surface area (Å²) in [6, 6.07) is 4.29. The van der Waals surface area contributed by atoms with Gasteiger partial charge in [-0.1, -0.05) is 96.5 Å². The van der Waals surface area contributed by atoms with Crippen LogP contribution in [-0.4, -0.2) is 24.6 Å². The lowest BCUT2D eigenvalue weighted by Gasteiger charge is -2.10. The normalized spacial score (nSPS) is 10.7. The van der Waals surface area contributed by atoms with E-state index < -0.39 is 10.9 Å². The minimum absolute atomic E-state index is 0.00374. The molecule has 0 amide bonds. The fraction of sp³-hybridized carbons (Fsp3) is 0.708. The van der Waals surface area contributed by atoms with E-state index in [1.165, 1.54) is 95.9 Å². The van der Waals surface area contributed by atoms with Gasteiger partial charge in [0.2, 0.25) is 5.75 Å². The molecule has 1 aromatic rings. The molecule has 0 fully saturated rings. The van der Waals surface area contributed by atoms with Gasteiger partial charge in [0.1, 0.15) is 5.56 Å². The van der Waals surface area contributed by atoms with E-state index in [0.717, 1.165) is 19.3 Å². The summed E-state index contributed by atoms with van der Waals surface area (Å²) in [6.07, 6.45) is 17.7. The molecule has 0 aliphatic carbocycles. The predicted octanol–water partition coefficient (Wildman–Crippen LogP) is 7.24. The number of esters is 1. The maximum atomic E-state index is 11.8. The number of nitro benzene ring substituents is 1. The Morgan fingerprint density at radius 3 is 1.83 bits per heavy atom. The van der Waals surface area contributed by atoms with Crippen LogP contribution in [0.2, 0.25) is 0 Å². The molecule has 0 radical (unpaired) electrons. The Hall–Kier alpha value is -2.11. The molecule has 0 aliphatic rings. The minimum Gasteiger partial charge on any atom is -0.486 e. The van der Waals surface area contributed by atoms with E-state index >= 15 is 0 Å². The molecule has 0 saturated carbocycles. The molecule has 0 aliphatic heterocycles. The zero-order valence-corrected chi connectivity index (χ0v) is 18.8. The average Bonchev–Trinajstić information content (AvgIpc) is 2.75. The van der Waals surface area contributed by atoms with Gasteiger partial charge in [-0.05, 0) is 12.5 Å². The molecular formula is C24H39NO5. The first-order valence-corrected chi connectivity index (χ1v) is 11.6. The molecule has 0 spiro atoms. The molecule has 6 nitrogen and oxygen atoms in total. The fourth-order valence-electron chi connectivity index (χ4n) is 3.56. The lowest BCUT2D eigenvalue weighted by Crippen LogP contribution is -2.08. The van der Waals surface area contributed by atoms with Crippen molar-refractivity contribution in [2.24, 2.45) is 0 Å². The summed E-state index contributed by atoms with van der Waals surface area (Å²) >= 11 is 0. The third-order valence-electron chi connectivity index (χ3n) is 5.34. The van der Waals surface area contributed by atoms with Crippen molar-refractivity contribution in [2.45, 2.75) is 96.8 Å². The average molecular weight is 422 g/mol. The monoisotopic (exact) mass is 421 g/mol. The van der Waals surface area contributed by atoms with E-state index in [1.54, 1.807) is 0 Å². The Kier molecular flexibility index (Phi) is 14.4. The van der Waals surface area contributed by atoms with E-state index in [9.17, 15) is 14.9 Å². The number of para-hydroxylation sites is 1. The Balaban J connectivity index is 2.13. The van der Waals surface area contributed by atoms with Gasteiger partial charge in [0.15, 0.2) is 0 Å². The predicted molar refractivity (Wildman–Crippen MR) is 120 cm³/mol. The Bertz CT molecular complexity index is 618. The number of ether oxygens (including phenoxy) is 2. The molecule has 0 N–H and O–H groups in total. The maximum Gasteiger partial charge on any atom is 0.341 e. The van der Waals surface area contributed by atoms with Crippen LogP contribution in [0.25, 0.3) is 0 Å². The van der Waals surface area contributed by atoms with Gasteiger partial charge in [0.25, 0.3) is 0 Å². The number of carbonyl (C=O) groups is 1. The molecule has 0 bridgehead atoms. The lowest BCUT2D eigenvalue weighted by atomic mass is 10.0. The Labute approximate surface area is 181 Å². The molecule has 0 heterocycles. The van der Waals surface area contributed by atoms with Crippen LogP contribution in [0.4, 0.5) is 5.69 Å². The van der Waals surface area contributed by atoms with Crippen molar-refractivity contribution in [3.8, 4) is 5.75 Å². The number of nitro groups is 1. The van der Waals surface area contributed by atoms with Crippen molar-refractivity contribution in [1.29, 1.82) is 0 Å². The highest BCUT2D eigenvalue weighted by Crippen LogP contribution is 2.31. The van der Waals surface area contributed by atoms with E-state index in [0.29, 0.717) is 6.61 Å². The molecule has 1 rings (SSSR count). The number of rotatable bonds is 18. The zero-order chi connectivity index (χ0) is 22.0. The largest absolute Gasteiger partial charge is 0.486 e. The first-order valence-electron chi connectivity index (χ1n) is 11.6. The summed E-state index contributed by atoms with van der Waals surface area (Å²) in [7, 11) is 1.25. The second-order valence-electron chi connectivity index (χ2n) is 7.85. The first-order chi connectivity index (χ1) is 14.6. The summed E-state index contributed by atoms with van der Waals surface area (Å²) in [6.45, 7) is 2.61. The van der Waals surface area contributed by atoms with E-state index in [1.807, 2.05) is 0 Å². The first kappa shape index (κ1) is 25.9. The van der Waals surface area contributed by atoms with Crippen LogP contribution in [0.5, 0.6) is 5.75 Å². The number of methoxy groups -OCH3 is 1. The van der Waals surface area contributed by atoms with Gasteiger partial charge in [-0.25, -0.2) is 4.79 Å². The summed E-state index contributed by atoms with van der Waals surface area (Å²) in [4.78, 5) is 22.5. The quantitative estimate of drug-likeness (QED) is 0.108. The van der Waals surface area contributed by atoms with Gasteiger partial charge in [-0.2, -0.15) is 0 Å². The number of hydrogen-bond acceptors (Lipinski definition) is 5. The minimum atomic E-state index is -0.630. The van der Waals surface area contributed by atoms with Crippen molar-refractivity contribution < 1.29 is 19.2 Å². The molecule has 0 atom stereocenters. The van der Waals surface area contributed by atoms with E-state index in [2.05, 4.69) is 6.92 Å². The molecular weight excluding hydrogens is 382 g/mol. The van der Waals surface area contributed by atoms with Gasteiger partial charge in [-0.3, -0.25) is 10.1 Å². The highest BCUT2D eigenvalue weighted by molar-refractivity contribution is 5.94. The molecule has 0 saturated heterocycles. The molecule has 30 heavy (non-hydrogen) atoms. The van der Waals surface area contributed by atoms with Gasteiger partial charge >= 0.3 is 11.7 Å². The van der Waals surface area contributed by atoms with Crippen molar-refractivity contribution in [2.75, 3.05) is 13.7 Å². The molecule has 170 valence electrons. The molecule has 6 heteroatoms. The van der Waals surface area contributed by atoms with Crippen LogP contribution in [0.15, 0.2) is 18.2 Å². The van der Waals surface area contributed by atoms with Gasteiger partial charge in [-0.15, -0.1) is 0 Å². The second kappa shape index (κ2) is 16.7. The molecule has 0 unspecified atom stereocenters. The van der Waals surface area contributed by atoms with Crippen LogP contribution in [0.3, 0.4) is 0 Å². The standard InChI is InChI=1S/C24H39NO5/c1-3-4-5-6-7-8-9-10-11-12-13-14-15-16-20-30-23-21(24(26)29-2)18-17-19-22(23)25(27)28/h17-19H,3-16,20H2,1-2H3. The van der Waals surface area contributed by atoms with Crippen molar-refractivity contribution in [3.05, 3.63) is 33.9 Å². The topological polar surface area (TPSA) is 78.7 Å². The van der Waals surface area contributed by atoms with Gasteiger partial charge in [0, 0.05) is 6.07 Å². The highest BCUT2D eigenvalue weighted by Gasteiger charge is 2.23.